The predicted octanol–water partition coefficient (Wildman–Crippen LogP) is 8.30. The molecule has 0 saturated heterocycles. The number of carbonyl (C=O) groups is 1. The molecule has 47 heavy (non-hydrogen) atoms. The lowest BCUT2D eigenvalue weighted by molar-refractivity contribution is 0.102. The van der Waals surface area contributed by atoms with Crippen LogP contribution >= 0.6 is 0 Å². The van der Waals surface area contributed by atoms with Crippen LogP contribution in [0.2, 0.25) is 0 Å². The fraction of sp³-hybridized carbons (Fsp3) is 0.350. The summed E-state index contributed by atoms with van der Waals surface area (Å²) in [4.78, 5) is 18.7. The SMILES string of the molecule is CC(C)(C)[S@](=O)N1Cc2cc(C(=O)Nc3ccc(-c4ccccc4)cc3)nc(-c3cccc(C#CCC4CCCC4)c3)c2[C@@H]1CCO. The number of anilines is 1. The lowest BCUT2D eigenvalue weighted by Gasteiger charge is -2.30. The third-order valence-corrected chi connectivity index (χ3v) is 10.9. The molecule has 1 amide bonds. The zero-order chi connectivity index (χ0) is 33.0. The molecule has 2 N–H and O–H groups in total. The molecule has 2 atom stereocenters. The van der Waals surface area contributed by atoms with Gasteiger partial charge in [-0.1, -0.05) is 79.3 Å². The van der Waals surface area contributed by atoms with E-state index in [2.05, 4.69) is 29.3 Å². The number of nitrogens with zero attached hydrogens (tertiary/aromatic N) is 2. The summed E-state index contributed by atoms with van der Waals surface area (Å²) in [6.07, 6.45) is 6.43. The van der Waals surface area contributed by atoms with Crippen molar-refractivity contribution in [3.05, 3.63) is 107 Å². The molecule has 242 valence electrons. The Labute approximate surface area is 281 Å². The molecule has 0 radical (unpaired) electrons. The molecule has 1 aliphatic heterocycles. The van der Waals surface area contributed by atoms with Crippen LogP contribution in [0.5, 0.6) is 0 Å². The van der Waals surface area contributed by atoms with Crippen LogP contribution in [0.3, 0.4) is 0 Å². The minimum atomic E-state index is -1.34. The van der Waals surface area contributed by atoms with E-state index < -0.39 is 15.7 Å². The summed E-state index contributed by atoms with van der Waals surface area (Å²) in [6.45, 7) is 6.20. The molecule has 1 aromatic heterocycles. The van der Waals surface area contributed by atoms with E-state index in [0.29, 0.717) is 30.3 Å². The highest BCUT2D eigenvalue weighted by Crippen LogP contribution is 2.44. The van der Waals surface area contributed by atoms with E-state index in [9.17, 15) is 14.1 Å². The molecule has 0 unspecified atom stereocenters. The lowest BCUT2D eigenvalue weighted by Crippen LogP contribution is -2.36. The minimum absolute atomic E-state index is 0.0602. The van der Waals surface area contributed by atoms with Crippen LogP contribution in [-0.4, -0.2) is 35.9 Å². The first-order valence-corrected chi connectivity index (χ1v) is 17.7. The third kappa shape index (κ3) is 7.57. The minimum Gasteiger partial charge on any atom is -0.396 e. The Hall–Kier alpha value is -4.09. The van der Waals surface area contributed by atoms with Gasteiger partial charge >= 0.3 is 0 Å². The number of pyridine rings is 1. The number of amides is 1. The van der Waals surface area contributed by atoms with Gasteiger partial charge in [0.15, 0.2) is 0 Å². The van der Waals surface area contributed by atoms with Gasteiger partial charge in [0.25, 0.3) is 5.91 Å². The normalized spacial score (nSPS) is 17.1. The van der Waals surface area contributed by atoms with Gasteiger partial charge in [0.05, 0.1) is 16.5 Å². The molecule has 0 bridgehead atoms. The summed E-state index contributed by atoms with van der Waals surface area (Å²) in [7, 11) is -1.34. The number of fused-ring (bicyclic) bond motifs is 1. The van der Waals surface area contributed by atoms with Crippen molar-refractivity contribution in [2.75, 3.05) is 11.9 Å². The van der Waals surface area contributed by atoms with E-state index in [1.165, 1.54) is 25.7 Å². The Morgan fingerprint density at radius 3 is 2.36 bits per heavy atom. The largest absolute Gasteiger partial charge is 0.396 e. The van der Waals surface area contributed by atoms with Gasteiger partial charge in [-0.25, -0.2) is 13.5 Å². The lowest BCUT2D eigenvalue weighted by atomic mass is 9.95. The Bertz CT molecular complexity index is 1810. The highest BCUT2D eigenvalue weighted by atomic mass is 32.2. The molecule has 6 rings (SSSR count). The summed E-state index contributed by atoms with van der Waals surface area (Å²) in [5.74, 6) is 7.13. The van der Waals surface area contributed by atoms with E-state index >= 15 is 0 Å². The van der Waals surface area contributed by atoms with Crippen molar-refractivity contribution < 1.29 is 14.1 Å². The van der Waals surface area contributed by atoms with Crippen molar-refractivity contribution in [2.24, 2.45) is 5.92 Å². The zero-order valence-corrected chi connectivity index (χ0v) is 28.3. The smallest absolute Gasteiger partial charge is 0.274 e. The number of aromatic nitrogens is 1. The predicted molar refractivity (Wildman–Crippen MR) is 191 cm³/mol. The molecule has 6 nitrogen and oxygen atoms in total. The second kappa shape index (κ2) is 14.4. The van der Waals surface area contributed by atoms with Crippen LogP contribution in [0.4, 0.5) is 5.69 Å². The average Bonchev–Trinajstić information content (AvgIpc) is 3.73. The standard InChI is InChI=1S/C40H43N3O3S/c1-40(2,3)47(46)43-27-33-26-35(39(45)41-34-21-19-31(20-22-34)30-16-5-4-6-17-30)42-38(37(33)36(43)23-24-44)32-18-10-15-29(25-32)14-9-13-28-11-7-8-12-28/h4-6,10,15-22,25-26,28,36,44H,7-8,11-13,23-24,27H2,1-3H3,(H,41,45)/t36-,47-/m0/s1. The molecule has 7 heteroatoms. The molecule has 0 spiro atoms. The number of hydrogen-bond acceptors (Lipinski definition) is 4. The van der Waals surface area contributed by atoms with Gasteiger partial charge in [-0.3, -0.25) is 4.79 Å². The van der Waals surface area contributed by atoms with Crippen LogP contribution in [0.25, 0.3) is 22.4 Å². The highest BCUT2D eigenvalue weighted by Gasteiger charge is 2.40. The molecule has 4 aromatic rings. The maximum atomic E-state index is 13.8. The molecule has 2 heterocycles. The van der Waals surface area contributed by atoms with Crippen LogP contribution in [0.1, 0.15) is 92.5 Å². The van der Waals surface area contributed by atoms with Crippen LogP contribution in [-0.2, 0) is 17.5 Å². The Morgan fingerprint density at radius 2 is 1.66 bits per heavy atom. The van der Waals surface area contributed by atoms with Gasteiger partial charge in [-0.2, -0.15) is 0 Å². The average molecular weight is 646 g/mol. The van der Waals surface area contributed by atoms with E-state index in [4.69, 9.17) is 4.98 Å². The topological polar surface area (TPSA) is 82.5 Å². The second-order valence-electron chi connectivity index (χ2n) is 13.5. The van der Waals surface area contributed by atoms with Gasteiger partial charge in [0, 0.05) is 42.0 Å². The van der Waals surface area contributed by atoms with Gasteiger partial charge in [-0.15, -0.1) is 0 Å². The Kier molecular flexibility index (Phi) is 10.0. The molecular formula is C40H43N3O3S. The molecule has 1 saturated carbocycles. The second-order valence-corrected chi connectivity index (χ2v) is 15.7. The van der Waals surface area contributed by atoms with Crippen LogP contribution in [0, 0.1) is 17.8 Å². The van der Waals surface area contributed by atoms with Gasteiger partial charge in [0.2, 0.25) is 0 Å². The summed E-state index contributed by atoms with van der Waals surface area (Å²) in [6, 6.07) is 27.4. The monoisotopic (exact) mass is 645 g/mol. The Balaban J connectivity index is 1.36. The van der Waals surface area contributed by atoms with Crippen molar-refractivity contribution >= 4 is 22.6 Å². The summed E-state index contributed by atoms with van der Waals surface area (Å²) >= 11 is 0. The third-order valence-electron chi connectivity index (χ3n) is 9.01. The van der Waals surface area contributed by atoms with E-state index in [0.717, 1.165) is 39.8 Å². The fourth-order valence-electron chi connectivity index (χ4n) is 6.63. The van der Waals surface area contributed by atoms with Crippen LogP contribution in [0.15, 0.2) is 84.9 Å². The number of aliphatic hydroxyl groups is 1. The maximum absolute atomic E-state index is 13.8. The van der Waals surface area contributed by atoms with Crippen molar-refractivity contribution in [1.29, 1.82) is 0 Å². The number of hydrogen-bond donors (Lipinski definition) is 2. The number of benzene rings is 3. The number of nitrogens with one attached hydrogen (secondary N) is 1. The molecule has 1 aliphatic carbocycles. The zero-order valence-electron chi connectivity index (χ0n) is 27.5. The number of aliphatic hydroxyl groups excluding tert-OH is 1. The van der Waals surface area contributed by atoms with Gasteiger partial charge in [0.1, 0.15) is 16.7 Å². The van der Waals surface area contributed by atoms with Crippen molar-refractivity contribution in [2.45, 2.75) is 76.6 Å². The van der Waals surface area contributed by atoms with E-state index in [-0.39, 0.29) is 24.2 Å². The summed E-state index contributed by atoms with van der Waals surface area (Å²) < 4.78 is 15.2. The first kappa shape index (κ1) is 32.8. The molecule has 3 aromatic carbocycles. The number of rotatable bonds is 8. The van der Waals surface area contributed by atoms with Crippen LogP contribution < -0.4 is 5.32 Å². The quantitative estimate of drug-likeness (QED) is 0.189. The number of carbonyl (C=O) groups excluding carboxylic acids is 1. The highest BCUT2D eigenvalue weighted by molar-refractivity contribution is 7.84. The fourth-order valence-corrected chi connectivity index (χ4v) is 8.04. The van der Waals surface area contributed by atoms with Crippen molar-refractivity contribution in [1.82, 2.24) is 9.29 Å². The van der Waals surface area contributed by atoms with E-state index in [1.54, 1.807) is 0 Å². The summed E-state index contributed by atoms with van der Waals surface area (Å²) in [5.41, 5.74) is 7.35. The molecule has 2 aliphatic rings. The van der Waals surface area contributed by atoms with E-state index in [1.807, 2.05) is 97.9 Å². The van der Waals surface area contributed by atoms with Crippen molar-refractivity contribution in [3.8, 4) is 34.2 Å². The first-order chi connectivity index (χ1) is 22.7. The maximum Gasteiger partial charge on any atom is 0.274 e. The molecular weight excluding hydrogens is 603 g/mol. The first-order valence-electron chi connectivity index (χ1n) is 16.6. The summed E-state index contributed by atoms with van der Waals surface area (Å²) in [5, 5.41) is 13.1. The van der Waals surface area contributed by atoms with Gasteiger partial charge < -0.3 is 10.4 Å². The van der Waals surface area contributed by atoms with Gasteiger partial charge in [-0.05, 0) is 93.0 Å². The molecule has 1 fully saturated rings. The van der Waals surface area contributed by atoms with Crippen molar-refractivity contribution in [3.63, 3.8) is 0 Å². The Morgan fingerprint density at radius 1 is 0.957 bits per heavy atom.